The second-order valence-electron chi connectivity index (χ2n) is 4.75. The summed E-state index contributed by atoms with van der Waals surface area (Å²) in [5.41, 5.74) is 2.09. The fraction of sp³-hybridized carbons (Fsp3) is 0.286. The van der Waals surface area contributed by atoms with E-state index in [1.54, 1.807) is 6.33 Å². The molecule has 0 bridgehead atoms. The highest BCUT2D eigenvalue weighted by atomic mass is 35.5. The normalized spacial score (nSPS) is 11.3. The van der Waals surface area contributed by atoms with Crippen LogP contribution < -0.4 is 5.32 Å². The predicted molar refractivity (Wildman–Crippen MR) is 79.7 cm³/mol. The van der Waals surface area contributed by atoms with Crippen molar-refractivity contribution in [1.29, 1.82) is 0 Å². The molecule has 0 saturated carbocycles. The van der Waals surface area contributed by atoms with Gasteiger partial charge in [0, 0.05) is 43.2 Å². The van der Waals surface area contributed by atoms with Crippen LogP contribution in [0.1, 0.15) is 11.5 Å². The molecule has 0 aliphatic rings. The van der Waals surface area contributed by atoms with Crippen molar-refractivity contribution in [3.8, 4) is 0 Å². The van der Waals surface area contributed by atoms with Gasteiger partial charge in [0.15, 0.2) is 0 Å². The molecule has 0 unspecified atom stereocenters. The van der Waals surface area contributed by atoms with E-state index in [1.165, 1.54) is 0 Å². The molecule has 3 aromatic rings. The number of halogens is 1. The van der Waals surface area contributed by atoms with Gasteiger partial charge in [0.1, 0.15) is 12.2 Å². The molecular formula is C14H16ClN5. The van der Waals surface area contributed by atoms with E-state index in [0.717, 1.165) is 40.4 Å². The first-order valence-corrected chi connectivity index (χ1v) is 6.92. The van der Waals surface area contributed by atoms with Crippen LogP contribution in [0.5, 0.6) is 0 Å². The molecule has 104 valence electrons. The van der Waals surface area contributed by atoms with E-state index in [9.17, 15) is 0 Å². The minimum absolute atomic E-state index is 0.714. The number of benzene rings is 1. The standard InChI is InChI=1S/C14H16ClN5/c1-20-9-17-19-13(20)6-7-16-8-12-14(15)10-4-2-3-5-11(10)18-12/h2-5,9,16,18H,6-8H2,1H3. The van der Waals surface area contributed by atoms with Gasteiger partial charge < -0.3 is 14.9 Å². The Morgan fingerprint density at radius 2 is 2.20 bits per heavy atom. The van der Waals surface area contributed by atoms with Crippen LogP contribution in [-0.2, 0) is 20.0 Å². The number of aryl methyl sites for hydroxylation is 1. The molecule has 1 aromatic carbocycles. The van der Waals surface area contributed by atoms with Gasteiger partial charge in [-0.1, -0.05) is 29.8 Å². The van der Waals surface area contributed by atoms with Gasteiger partial charge in [-0.05, 0) is 6.07 Å². The summed E-state index contributed by atoms with van der Waals surface area (Å²) in [6.07, 6.45) is 2.55. The van der Waals surface area contributed by atoms with Crippen molar-refractivity contribution >= 4 is 22.5 Å². The van der Waals surface area contributed by atoms with E-state index in [1.807, 2.05) is 35.9 Å². The Bertz CT molecular complexity index is 715. The van der Waals surface area contributed by atoms with E-state index in [0.29, 0.717) is 6.54 Å². The highest BCUT2D eigenvalue weighted by Crippen LogP contribution is 2.26. The van der Waals surface area contributed by atoms with Crippen LogP contribution in [0.15, 0.2) is 30.6 Å². The summed E-state index contributed by atoms with van der Waals surface area (Å²) in [6, 6.07) is 8.05. The Labute approximate surface area is 122 Å². The van der Waals surface area contributed by atoms with Crippen molar-refractivity contribution in [3.63, 3.8) is 0 Å². The number of aromatic amines is 1. The minimum Gasteiger partial charge on any atom is -0.356 e. The Morgan fingerprint density at radius 1 is 1.35 bits per heavy atom. The lowest BCUT2D eigenvalue weighted by Crippen LogP contribution is -2.18. The molecule has 0 fully saturated rings. The van der Waals surface area contributed by atoms with Crippen molar-refractivity contribution in [2.24, 2.45) is 7.05 Å². The van der Waals surface area contributed by atoms with Crippen LogP contribution in [-0.4, -0.2) is 26.3 Å². The molecule has 2 heterocycles. The second-order valence-corrected chi connectivity index (χ2v) is 5.13. The number of hydrogen-bond acceptors (Lipinski definition) is 3. The van der Waals surface area contributed by atoms with Crippen molar-refractivity contribution in [2.75, 3.05) is 6.54 Å². The lowest BCUT2D eigenvalue weighted by molar-refractivity contribution is 0.648. The van der Waals surface area contributed by atoms with E-state index >= 15 is 0 Å². The summed E-state index contributed by atoms with van der Waals surface area (Å²) in [7, 11) is 1.95. The third-order valence-corrected chi connectivity index (χ3v) is 3.78. The highest BCUT2D eigenvalue weighted by Gasteiger charge is 2.08. The van der Waals surface area contributed by atoms with Gasteiger partial charge in [0.2, 0.25) is 0 Å². The summed E-state index contributed by atoms with van der Waals surface area (Å²) >= 11 is 6.36. The number of fused-ring (bicyclic) bond motifs is 1. The maximum Gasteiger partial charge on any atom is 0.133 e. The molecule has 2 N–H and O–H groups in total. The van der Waals surface area contributed by atoms with Gasteiger partial charge in [-0.25, -0.2) is 0 Å². The van der Waals surface area contributed by atoms with Crippen LogP contribution >= 0.6 is 11.6 Å². The molecule has 6 heteroatoms. The van der Waals surface area contributed by atoms with Crippen molar-refractivity contribution < 1.29 is 0 Å². The van der Waals surface area contributed by atoms with Gasteiger partial charge in [-0.3, -0.25) is 0 Å². The second kappa shape index (κ2) is 5.64. The monoisotopic (exact) mass is 289 g/mol. The smallest absolute Gasteiger partial charge is 0.133 e. The zero-order chi connectivity index (χ0) is 13.9. The first kappa shape index (κ1) is 13.1. The lowest BCUT2D eigenvalue weighted by Gasteiger charge is -2.03. The maximum atomic E-state index is 6.36. The molecule has 20 heavy (non-hydrogen) atoms. The largest absolute Gasteiger partial charge is 0.356 e. The summed E-state index contributed by atoms with van der Waals surface area (Å²) in [5, 5.41) is 13.2. The quantitative estimate of drug-likeness (QED) is 0.709. The number of H-pyrrole nitrogens is 1. The third-order valence-electron chi connectivity index (χ3n) is 3.35. The van der Waals surface area contributed by atoms with E-state index in [2.05, 4.69) is 20.5 Å². The van der Waals surface area contributed by atoms with Gasteiger partial charge in [-0.2, -0.15) is 0 Å². The Morgan fingerprint density at radius 3 is 2.95 bits per heavy atom. The van der Waals surface area contributed by atoms with Gasteiger partial charge in [-0.15, -0.1) is 10.2 Å². The third kappa shape index (κ3) is 2.55. The highest BCUT2D eigenvalue weighted by molar-refractivity contribution is 6.36. The summed E-state index contributed by atoms with van der Waals surface area (Å²) in [4.78, 5) is 3.34. The molecule has 2 aromatic heterocycles. The number of para-hydroxylation sites is 1. The number of nitrogens with zero attached hydrogens (tertiary/aromatic N) is 3. The van der Waals surface area contributed by atoms with Crippen LogP contribution in [0.3, 0.4) is 0 Å². The average Bonchev–Trinajstić information content (AvgIpc) is 3.00. The Kier molecular flexibility index (Phi) is 3.71. The molecule has 0 spiro atoms. The number of aromatic nitrogens is 4. The molecule has 3 rings (SSSR count). The summed E-state index contributed by atoms with van der Waals surface area (Å²) in [6.45, 7) is 1.55. The molecule has 0 aliphatic carbocycles. The molecule has 0 aliphatic heterocycles. The molecule has 0 saturated heterocycles. The first-order chi connectivity index (χ1) is 9.75. The fourth-order valence-corrected chi connectivity index (χ4v) is 2.51. The van der Waals surface area contributed by atoms with E-state index < -0.39 is 0 Å². The molecule has 0 atom stereocenters. The molecule has 0 amide bonds. The Hall–Kier alpha value is -1.85. The van der Waals surface area contributed by atoms with Crippen molar-refractivity contribution in [1.82, 2.24) is 25.1 Å². The maximum absolute atomic E-state index is 6.36. The number of nitrogens with one attached hydrogen (secondary N) is 2. The molecular weight excluding hydrogens is 274 g/mol. The van der Waals surface area contributed by atoms with Crippen molar-refractivity contribution in [3.05, 3.63) is 47.1 Å². The summed E-state index contributed by atoms with van der Waals surface area (Å²) < 4.78 is 1.93. The van der Waals surface area contributed by atoms with Crippen LogP contribution in [0.4, 0.5) is 0 Å². The van der Waals surface area contributed by atoms with Crippen LogP contribution in [0, 0.1) is 0 Å². The Balaban J connectivity index is 1.60. The average molecular weight is 290 g/mol. The van der Waals surface area contributed by atoms with Crippen LogP contribution in [0.25, 0.3) is 10.9 Å². The summed E-state index contributed by atoms with van der Waals surface area (Å²) in [5.74, 6) is 0.972. The predicted octanol–water partition coefficient (Wildman–Crippen LogP) is 2.28. The van der Waals surface area contributed by atoms with Gasteiger partial charge in [0.25, 0.3) is 0 Å². The van der Waals surface area contributed by atoms with Gasteiger partial charge >= 0.3 is 0 Å². The van der Waals surface area contributed by atoms with Crippen molar-refractivity contribution in [2.45, 2.75) is 13.0 Å². The van der Waals surface area contributed by atoms with Crippen LogP contribution in [0.2, 0.25) is 5.02 Å². The number of hydrogen-bond donors (Lipinski definition) is 2. The lowest BCUT2D eigenvalue weighted by atomic mass is 10.2. The topological polar surface area (TPSA) is 58.5 Å². The first-order valence-electron chi connectivity index (χ1n) is 6.54. The zero-order valence-electron chi connectivity index (χ0n) is 11.2. The number of rotatable bonds is 5. The van der Waals surface area contributed by atoms with E-state index in [4.69, 9.17) is 11.6 Å². The van der Waals surface area contributed by atoms with E-state index in [-0.39, 0.29) is 0 Å². The fourth-order valence-electron chi connectivity index (χ4n) is 2.23. The van der Waals surface area contributed by atoms with Gasteiger partial charge in [0.05, 0.1) is 5.02 Å². The minimum atomic E-state index is 0.714. The SMILES string of the molecule is Cn1cnnc1CCNCc1[nH]c2ccccc2c1Cl. The zero-order valence-corrected chi connectivity index (χ0v) is 12.0. The molecule has 0 radical (unpaired) electrons. The molecule has 5 nitrogen and oxygen atoms in total.